The van der Waals surface area contributed by atoms with Crippen LogP contribution in [0.5, 0.6) is 11.5 Å². The van der Waals surface area contributed by atoms with Gasteiger partial charge in [-0.2, -0.15) is 4.57 Å². The molecule has 1 aliphatic carbocycles. The van der Waals surface area contributed by atoms with Gasteiger partial charge in [0.1, 0.15) is 49.7 Å². The summed E-state index contributed by atoms with van der Waals surface area (Å²) in [6.45, 7) is 8.07. The first-order valence-corrected chi connectivity index (χ1v) is 20.3. The highest BCUT2D eigenvalue weighted by atomic mass is 16.6. The minimum absolute atomic E-state index is 0.0289. The third-order valence-corrected chi connectivity index (χ3v) is 10.1. The van der Waals surface area contributed by atoms with Crippen molar-refractivity contribution < 1.29 is 61.9 Å². The van der Waals surface area contributed by atoms with Crippen LogP contribution in [0.1, 0.15) is 45.1 Å². The lowest BCUT2D eigenvalue weighted by molar-refractivity contribution is -0.725. The van der Waals surface area contributed by atoms with Gasteiger partial charge in [-0.15, -0.1) is 0 Å². The smallest absolute Gasteiger partial charge is 0.305 e. The molecule has 0 bridgehead atoms. The SMILES string of the molecule is CCC(=O)OC1CC[N+](=c2ccc3c(-c4c(OCCOCCOCCO)cccc4OCCOCCOCCO)c4cc[n+](C5CCOCC5)cc4oc-3c2)CC1. The molecule has 57 heavy (non-hydrogen) atoms. The number of piperidine rings is 1. The van der Waals surface area contributed by atoms with Crippen molar-refractivity contribution in [1.29, 1.82) is 0 Å². The summed E-state index contributed by atoms with van der Waals surface area (Å²) in [5.41, 5.74) is 3.34. The van der Waals surface area contributed by atoms with Crippen molar-refractivity contribution in [2.24, 2.45) is 0 Å². The predicted octanol–water partition coefficient (Wildman–Crippen LogP) is 3.54. The van der Waals surface area contributed by atoms with Gasteiger partial charge in [0.2, 0.25) is 11.6 Å². The van der Waals surface area contributed by atoms with Crippen LogP contribution in [0.2, 0.25) is 0 Å². The van der Waals surface area contributed by atoms with Crippen molar-refractivity contribution in [2.75, 3.05) is 106 Å². The van der Waals surface area contributed by atoms with Crippen molar-refractivity contribution in [3.05, 3.63) is 60.2 Å². The first-order chi connectivity index (χ1) is 28.1. The Bertz CT molecular complexity index is 1840. The van der Waals surface area contributed by atoms with Crippen LogP contribution < -0.4 is 24.0 Å². The van der Waals surface area contributed by atoms with E-state index in [0.29, 0.717) is 63.6 Å². The molecule has 4 aliphatic rings. The Morgan fingerprint density at radius 3 is 1.98 bits per heavy atom. The summed E-state index contributed by atoms with van der Waals surface area (Å²) in [4.78, 5) is 12.0. The van der Waals surface area contributed by atoms with Crippen LogP contribution in [0.3, 0.4) is 0 Å². The number of aromatic nitrogens is 1. The van der Waals surface area contributed by atoms with Gasteiger partial charge in [-0.3, -0.25) is 4.79 Å². The fourth-order valence-corrected chi connectivity index (χ4v) is 7.21. The van der Waals surface area contributed by atoms with Crippen LogP contribution in [-0.2, 0) is 33.2 Å². The van der Waals surface area contributed by atoms with Gasteiger partial charge in [0.15, 0.2) is 17.8 Å². The van der Waals surface area contributed by atoms with Gasteiger partial charge in [0.25, 0.3) is 0 Å². The number of carbonyl (C=O) groups is 1. The molecule has 0 radical (unpaired) electrons. The van der Waals surface area contributed by atoms with Gasteiger partial charge in [-0.25, -0.2) is 4.58 Å². The average molecular weight is 795 g/mol. The van der Waals surface area contributed by atoms with E-state index in [1.165, 1.54) is 0 Å². The summed E-state index contributed by atoms with van der Waals surface area (Å²) in [6.07, 6.45) is 7.89. The van der Waals surface area contributed by atoms with E-state index in [1.807, 2.05) is 25.1 Å². The van der Waals surface area contributed by atoms with Crippen molar-refractivity contribution >= 4 is 16.9 Å². The molecule has 3 aliphatic heterocycles. The number of aliphatic hydroxyl groups excluding tert-OH is 2. The van der Waals surface area contributed by atoms with Gasteiger partial charge in [-0.05, 0) is 18.2 Å². The van der Waals surface area contributed by atoms with E-state index in [2.05, 4.69) is 45.8 Å². The van der Waals surface area contributed by atoms with E-state index in [0.717, 1.165) is 90.8 Å². The average Bonchev–Trinajstić information content (AvgIpc) is 3.25. The molecule has 2 N–H and O–H groups in total. The molecule has 14 nitrogen and oxygen atoms in total. The molecule has 0 saturated carbocycles. The van der Waals surface area contributed by atoms with Crippen LogP contribution in [0.25, 0.3) is 33.4 Å². The molecule has 0 unspecified atom stereocenters. The number of benzene rings is 2. The van der Waals surface area contributed by atoms with Crippen LogP contribution >= 0.6 is 0 Å². The van der Waals surface area contributed by atoms with Crippen LogP contribution in [-0.4, -0.2) is 128 Å². The number of rotatable bonds is 22. The molecular formula is C43H58N2O12+2. The number of hydrogen-bond acceptors (Lipinski definition) is 12. The van der Waals surface area contributed by atoms with Crippen molar-refractivity contribution in [3.63, 3.8) is 0 Å². The minimum atomic E-state index is -0.157. The van der Waals surface area contributed by atoms with Crippen molar-refractivity contribution in [1.82, 2.24) is 4.58 Å². The van der Waals surface area contributed by atoms with E-state index in [4.69, 9.17) is 52.5 Å². The number of esters is 1. The van der Waals surface area contributed by atoms with Crippen molar-refractivity contribution in [2.45, 2.75) is 51.2 Å². The minimum Gasteiger partial charge on any atom is -0.490 e. The number of aliphatic hydroxyl groups is 2. The Kier molecular flexibility index (Phi) is 16.9. The largest absolute Gasteiger partial charge is 0.490 e. The molecule has 0 amide bonds. The molecular weight excluding hydrogens is 736 g/mol. The highest BCUT2D eigenvalue weighted by Crippen LogP contribution is 2.47. The number of nitrogens with zero attached hydrogens (tertiary/aromatic N) is 2. The molecule has 0 atom stereocenters. The summed E-state index contributed by atoms with van der Waals surface area (Å²) < 4.78 is 57.8. The summed E-state index contributed by atoms with van der Waals surface area (Å²) in [5, 5.41) is 19.9. The van der Waals surface area contributed by atoms with Crippen LogP contribution in [0, 0.1) is 0 Å². The zero-order valence-electron chi connectivity index (χ0n) is 33.1. The molecule has 6 rings (SSSR count). The van der Waals surface area contributed by atoms with Gasteiger partial charge in [0, 0.05) is 60.7 Å². The highest BCUT2D eigenvalue weighted by molar-refractivity contribution is 6.04. The van der Waals surface area contributed by atoms with E-state index in [1.54, 1.807) is 0 Å². The molecule has 1 aromatic carbocycles. The third kappa shape index (κ3) is 11.9. The number of ether oxygens (including phenoxy) is 8. The molecule has 0 spiro atoms. The zero-order chi connectivity index (χ0) is 39.7. The second-order valence-corrected chi connectivity index (χ2v) is 13.9. The lowest BCUT2D eigenvalue weighted by Gasteiger charge is -2.22. The Balaban J connectivity index is 1.37. The standard InChI is InChI=1S/C43H58N2O12/c1-2-41(48)56-34-8-13-44(14-9-34)33-6-7-35-39(30-33)57-40-31-45(32-11-18-49-19-12-32)15-10-36(40)42(35)43-37(54-28-26-52-24-22-50-20-16-46)4-3-5-38(43)55-29-27-53-25-23-51-21-17-47/h3-7,10,15,30-32,34,46-47H,2,8-9,11-14,16-29H2,1H3/q+2. The Hall–Kier alpha value is -4.15. The van der Waals surface area contributed by atoms with E-state index in [9.17, 15) is 4.79 Å². The van der Waals surface area contributed by atoms with Gasteiger partial charge >= 0.3 is 5.97 Å². The Morgan fingerprint density at radius 2 is 1.37 bits per heavy atom. The highest BCUT2D eigenvalue weighted by Gasteiger charge is 2.29. The topological polar surface area (TPSA) is 151 Å². The first kappa shape index (κ1) is 42.5. The third-order valence-electron chi connectivity index (χ3n) is 10.1. The number of carbonyl (C=O) groups excluding carboxylic acids is 1. The van der Waals surface area contributed by atoms with Gasteiger partial charge in [-0.1, -0.05) is 13.0 Å². The molecule has 1 aromatic heterocycles. The van der Waals surface area contributed by atoms with Crippen molar-refractivity contribution in [3.8, 4) is 33.9 Å². The van der Waals surface area contributed by atoms with E-state index >= 15 is 0 Å². The summed E-state index contributed by atoms with van der Waals surface area (Å²) in [5.74, 6) is 1.83. The van der Waals surface area contributed by atoms with E-state index < -0.39 is 0 Å². The number of hydrogen-bond donors (Lipinski definition) is 2. The Labute approximate surface area is 333 Å². The van der Waals surface area contributed by atoms with Crippen LogP contribution in [0.15, 0.2) is 59.3 Å². The second-order valence-electron chi connectivity index (χ2n) is 13.9. The van der Waals surface area contributed by atoms with Gasteiger partial charge < -0.3 is 52.5 Å². The van der Waals surface area contributed by atoms with Crippen LogP contribution in [0.4, 0.5) is 0 Å². The molecule has 310 valence electrons. The summed E-state index contributed by atoms with van der Waals surface area (Å²) in [6, 6.07) is 14.5. The molecule has 14 heteroatoms. The Morgan fingerprint density at radius 1 is 0.754 bits per heavy atom. The second kappa shape index (κ2) is 22.7. The van der Waals surface area contributed by atoms with Gasteiger partial charge in [0.05, 0.1) is 90.9 Å². The monoisotopic (exact) mass is 794 g/mol. The molecule has 2 aromatic rings. The molecule has 4 heterocycles. The zero-order valence-corrected chi connectivity index (χ0v) is 33.1. The maximum atomic E-state index is 12.0. The molecule has 2 saturated heterocycles. The fourth-order valence-electron chi connectivity index (χ4n) is 7.21. The first-order valence-electron chi connectivity index (χ1n) is 20.3. The predicted molar refractivity (Wildman–Crippen MR) is 210 cm³/mol. The lowest BCUT2D eigenvalue weighted by atomic mass is 9.92. The maximum absolute atomic E-state index is 12.0. The van der Waals surface area contributed by atoms with E-state index in [-0.39, 0.29) is 51.7 Å². The number of fused-ring (bicyclic) bond motifs is 2. The quantitative estimate of drug-likeness (QED) is 0.0519. The maximum Gasteiger partial charge on any atom is 0.305 e. The summed E-state index contributed by atoms with van der Waals surface area (Å²) in [7, 11) is 0. The lowest BCUT2D eigenvalue weighted by Crippen LogP contribution is -2.41. The molecule has 2 fully saturated rings. The fraction of sp³-hybridized carbons (Fsp3) is 0.558. The number of pyridine rings is 1. The normalized spacial score (nSPS) is 16.3. The summed E-state index contributed by atoms with van der Waals surface area (Å²) >= 11 is 0.